The Hall–Kier alpha value is 0.280. The summed E-state index contributed by atoms with van der Waals surface area (Å²) in [5.41, 5.74) is 2.77. The summed E-state index contributed by atoms with van der Waals surface area (Å²) in [7, 11) is 0. The van der Waals surface area contributed by atoms with Crippen LogP contribution in [0.5, 0.6) is 0 Å². The molecule has 0 saturated carbocycles. The number of hydrogen-bond acceptors (Lipinski definition) is 1. The third-order valence-corrected chi connectivity index (χ3v) is 2.33. The Balaban J connectivity index is 3.37. The highest BCUT2D eigenvalue weighted by Crippen LogP contribution is 1.99. The Labute approximate surface area is 85.1 Å². The molecule has 0 aliphatic rings. The Kier molecular flexibility index (Phi) is 8.09. The van der Waals surface area contributed by atoms with Crippen LogP contribution in [0.2, 0.25) is 0 Å². The van der Waals surface area contributed by atoms with Gasteiger partial charge in [-0.25, -0.2) is 0 Å². The number of alkyl halides is 1. The monoisotopic (exact) mass is 209 g/mol. The largest absolute Gasteiger partial charge is 0.311 e. The van der Waals surface area contributed by atoms with E-state index in [0.29, 0.717) is 6.04 Å². The summed E-state index contributed by atoms with van der Waals surface area (Å²) in [4.78, 5) is 0. The summed E-state index contributed by atoms with van der Waals surface area (Å²) in [5, 5.41) is 3.36. The Morgan fingerprint density at radius 3 is 2.75 bits per heavy atom. The van der Waals surface area contributed by atoms with E-state index in [1.807, 2.05) is 6.92 Å². The van der Waals surface area contributed by atoms with E-state index in [0.717, 1.165) is 30.8 Å². The number of rotatable bonds is 6. The molecule has 1 unspecified atom stereocenters. The topological polar surface area (TPSA) is 12.0 Å². The molecule has 72 valence electrons. The van der Waals surface area contributed by atoms with Crippen LogP contribution < -0.4 is 5.32 Å². The van der Waals surface area contributed by atoms with E-state index >= 15 is 0 Å². The lowest BCUT2D eigenvalue weighted by Gasteiger charge is -2.12. The molecular weight excluding hydrogens is 193 g/mol. The molecule has 0 aromatic rings. The van der Waals surface area contributed by atoms with Crippen LogP contribution in [-0.2, 0) is 0 Å². The Bertz CT molecular complexity index is 134. The third-order valence-electron chi connectivity index (χ3n) is 1.69. The fraction of sp³-hybridized carbons (Fsp3) is 0.778. The quantitative estimate of drug-likeness (QED) is 0.664. The zero-order chi connectivity index (χ0) is 9.40. The maximum atomic E-state index is 5.58. The van der Waals surface area contributed by atoms with Gasteiger partial charge in [-0.2, -0.15) is 0 Å². The predicted octanol–water partition coefficient (Wildman–Crippen LogP) is 3.13. The molecule has 0 aliphatic carbocycles. The molecule has 12 heavy (non-hydrogen) atoms. The Morgan fingerprint density at radius 2 is 2.25 bits per heavy atom. The van der Waals surface area contributed by atoms with E-state index in [1.165, 1.54) is 0 Å². The minimum absolute atomic E-state index is 0.523. The van der Waals surface area contributed by atoms with E-state index in [-0.39, 0.29) is 0 Å². The van der Waals surface area contributed by atoms with Crippen molar-refractivity contribution in [3.8, 4) is 0 Å². The van der Waals surface area contributed by atoms with Crippen molar-refractivity contribution in [2.45, 2.75) is 32.7 Å². The van der Waals surface area contributed by atoms with Crippen LogP contribution >= 0.6 is 23.2 Å². The number of hydrogen-bond donors (Lipinski definition) is 1. The first-order chi connectivity index (χ1) is 5.70. The van der Waals surface area contributed by atoms with Gasteiger partial charge in [0.2, 0.25) is 0 Å². The molecule has 0 bridgehead atoms. The van der Waals surface area contributed by atoms with Gasteiger partial charge >= 0.3 is 0 Å². The summed E-state index contributed by atoms with van der Waals surface area (Å²) >= 11 is 11.1. The van der Waals surface area contributed by atoms with Crippen LogP contribution in [0.3, 0.4) is 0 Å². The average Bonchev–Trinajstić information content (AvgIpc) is 2.10. The molecule has 0 saturated heterocycles. The van der Waals surface area contributed by atoms with Crippen LogP contribution in [0, 0.1) is 0 Å². The predicted molar refractivity (Wildman–Crippen MR) is 57.0 cm³/mol. The van der Waals surface area contributed by atoms with Crippen molar-refractivity contribution in [2.75, 3.05) is 12.4 Å². The SMILES string of the molecule is CC(=CCl)CNC(C)CCCCl. The van der Waals surface area contributed by atoms with Crippen molar-refractivity contribution in [2.24, 2.45) is 0 Å². The van der Waals surface area contributed by atoms with Gasteiger partial charge in [-0.15, -0.1) is 11.6 Å². The minimum Gasteiger partial charge on any atom is -0.311 e. The molecule has 0 radical (unpaired) electrons. The van der Waals surface area contributed by atoms with Gasteiger partial charge in [0.1, 0.15) is 0 Å². The Morgan fingerprint density at radius 1 is 1.58 bits per heavy atom. The molecule has 0 aromatic heterocycles. The van der Waals surface area contributed by atoms with Gasteiger partial charge in [-0.1, -0.05) is 11.6 Å². The molecule has 0 aliphatic heterocycles. The fourth-order valence-electron chi connectivity index (χ4n) is 0.859. The lowest BCUT2D eigenvalue weighted by Crippen LogP contribution is -2.27. The first kappa shape index (κ1) is 12.3. The molecule has 1 atom stereocenters. The zero-order valence-electron chi connectivity index (χ0n) is 7.74. The maximum absolute atomic E-state index is 5.58. The average molecular weight is 210 g/mol. The van der Waals surface area contributed by atoms with Gasteiger partial charge in [0.15, 0.2) is 0 Å². The van der Waals surface area contributed by atoms with E-state index in [9.17, 15) is 0 Å². The molecule has 0 fully saturated rings. The van der Waals surface area contributed by atoms with Crippen LogP contribution in [0.25, 0.3) is 0 Å². The van der Waals surface area contributed by atoms with Gasteiger partial charge in [0.05, 0.1) is 0 Å². The number of halogens is 2. The first-order valence-corrected chi connectivity index (χ1v) is 5.23. The molecule has 0 spiro atoms. The molecule has 0 aromatic carbocycles. The van der Waals surface area contributed by atoms with Crippen molar-refractivity contribution in [1.82, 2.24) is 5.32 Å². The highest BCUT2D eigenvalue weighted by molar-refractivity contribution is 6.25. The second-order valence-electron chi connectivity index (χ2n) is 3.07. The molecule has 0 heterocycles. The van der Waals surface area contributed by atoms with Gasteiger partial charge in [0.25, 0.3) is 0 Å². The summed E-state index contributed by atoms with van der Waals surface area (Å²) in [6.07, 6.45) is 2.19. The second-order valence-corrected chi connectivity index (χ2v) is 3.66. The standard InChI is InChI=1S/C9H17Cl2N/c1-8(6-11)7-12-9(2)4-3-5-10/h6,9,12H,3-5,7H2,1-2H3. The van der Waals surface area contributed by atoms with Crippen molar-refractivity contribution < 1.29 is 0 Å². The smallest absolute Gasteiger partial charge is 0.0224 e. The van der Waals surface area contributed by atoms with Crippen molar-refractivity contribution in [3.05, 3.63) is 11.1 Å². The van der Waals surface area contributed by atoms with Crippen LogP contribution in [0.4, 0.5) is 0 Å². The third kappa shape index (κ3) is 6.96. The van der Waals surface area contributed by atoms with Crippen LogP contribution in [-0.4, -0.2) is 18.5 Å². The molecular formula is C9H17Cl2N. The molecule has 0 rings (SSSR count). The van der Waals surface area contributed by atoms with Crippen molar-refractivity contribution in [1.29, 1.82) is 0 Å². The van der Waals surface area contributed by atoms with Crippen LogP contribution in [0.1, 0.15) is 26.7 Å². The zero-order valence-corrected chi connectivity index (χ0v) is 9.25. The fourth-order valence-corrected chi connectivity index (χ4v) is 1.09. The molecule has 1 N–H and O–H groups in total. The summed E-state index contributed by atoms with van der Waals surface area (Å²) in [6.45, 7) is 5.04. The van der Waals surface area contributed by atoms with Gasteiger partial charge in [0, 0.05) is 24.0 Å². The summed E-state index contributed by atoms with van der Waals surface area (Å²) in [5.74, 6) is 0.746. The molecule has 1 nitrogen and oxygen atoms in total. The lowest BCUT2D eigenvalue weighted by atomic mass is 10.2. The lowest BCUT2D eigenvalue weighted by molar-refractivity contribution is 0.531. The highest BCUT2D eigenvalue weighted by Gasteiger charge is 1.99. The van der Waals surface area contributed by atoms with E-state index in [1.54, 1.807) is 5.54 Å². The second kappa shape index (κ2) is 7.90. The number of nitrogens with one attached hydrogen (secondary N) is 1. The van der Waals surface area contributed by atoms with Gasteiger partial charge in [-0.3, -0.25) is 0 Å². The first-order valence-electron chi connectivity index (χ1n) is 4.26. The summed E-state index contributed by atoms with van der Waals surface area (Å²) < 4.78 is 0. The highest BCUT2D eigenvalue weighted by atomic mass is 35.5. The van der Waals surface area contributed by atoms with E-state index in [4.69, 9.17) is 23.2 Å². The van der Waals surface area contributed by atoms with Gasteiger partial charge < -0.3 is 5.32 Å². The van der Waals surface area contributed by atoms with Crippen molar-refractivity contribution in [3.63, 3.8) is 0 Å². The molecule has 3 heteroatoms. The normalized spacial score (nSPS) is 14.8. The molecule has 0 amide bonds. The van der Waals surface area contributed by atoms with Gasteiger partial charge in [-0.05, 0) is 32.3 Å². The van der Waals surface area contributed by atoms with E-state index < -0.39 is 0 Å². The van der Waals surface area contributed by atoms with E-state index in [2.05, 4.69) is 12.2 Å². The van der Waals surface area contributed by atoms with Crippen molar-refractivity contribution >= 4 is 23.2 Å². The maximum Gasteiger partial charge on any atom is 0.0224 e. The summed E-state index contributed by atoms with van der Waals surface area (Å²) in [6, 6.07) is 0.523. The van der Waals surface area contributed by atoms with Crippen LogP contribution in [0.15, 0.2) is 11.1 Å². The minimum atomic E-state index is 0.523.